The lowest BCUT2D eigenvalue weighted by Gasteiger charge is -2.08. The number of carbonyl (C=O) groups is 1. The van der Waals surface area contributed by atoms with E-state index in [9.17, 15) is 4.79 Å². The molecule has 0 unspecified atom stereocenters. The number of anilines is 1. The van der Waals surface area contributed by atoms with Crippen LogP contribution in [0.25, 0.3) is 0 Å². The van der Waals surface area contributed by atoms with Crippen molar-refractivity contribution in [2.75, 3.05) is 12.3 Å². The van der Waals surface area contributed by atoms with Crippen molar-refractivity contribution < 1.29 is 9.53 Å². The Hall–Kier alpha value is -3.00. The second kappa shape index (κ2) is 8.44. The van der Waals surface area contributed by atoms with Crippen LogP contribution in [-0.4, -0.2) is 17.5 Å². The molecule has 23 heavy (non-hydrogen) atoms. The number of amides is 1. The van der Waals surface area contributed by atoms with E-state index in [0.29, 0.717) is 25.1 Å². The number of nitrogens with zero attached hydrogens (tertiary/aromatic N) is 1. The minimum absolute atomic E-state index is 0.223. The Kier molecular flexibility index (Phi) is 6.01. The molecule has 0 saturated heterocycles. The fourth-order valence-corrected chi connectivity index (χ4v) is 1.95. The van der Waals surface area contributed by atoms with Gasteiger partial charge in [-0.2, -0.15) is 0 Å². The Balaban J connectivity index is 1.83. The van der Waals surface area contributed by atoms with Crippen LogP contribution in [0.5, 0.6) is 5.75 Å². The Morgan fingerprint density at radius 1 is 1.30 bits per heavy atom. The van der Waals surface area contributed by atoms with Gasteiger partial charge in [0.05, 0.1) is 12.2 Å². The van der Waals surface area contributed by atoms with Gasteiger partial charge in [-0.1, -0.05) is 12.1 Å². The predicted molar refractivity (Wildman–Crippen MR) is 89.8 cm³/mol. The summed E-state index contributed by atoms with van der Waals surface area (Å²) in [5.41, 5.74) is 7.02. The van der Waals surface area contributed by atoms with Crippen LogP contribution in [0.1, 0.15) is 28.8 Å². The van der Waals surface area contributed by atoms with Crippen LogP contribution in [0, 0.1) is 12.3 Å². The number of benzene rings is 1. The number of nitrogen functional groups attached to an aromatic ring is 1. The lowest BCUT2D eigenvalue weighted by Crippen LogP contribution is -2.24. The monoisotopic (exact) mass is 309 g/mol. The maximum atomic E-state index is 12.0. The van der Waals surface area contributed by atoms with Gasteiger partial charge in [0.2, 0.25) is 0 Å². The average Bonchev–Trinajstić information content (AvgIpc) is 2.58. The Morgan fingerprint density at radius 2 is 2.09 bits per heavy atom. The molecule has 0 radical (unpaired) electrons. The number of ether oxygens (including phenoxy) is 1. The summed E-state index contributed by atoms with van der Waals surface area (Å²) in [5, 5.41) is 2.81. The first-order valence-electron chi connectivity index (χ1n) is 7.34. The van der Waals surface area contributed by atoms with Crippen LogP contribution in [0.2, 0.25) is 0 Å². The highest BCUT2D eigenvalue weighted by molar-refractivity contribution is 5.98. The molecule has 0 aliphatic rings. The quantitative estimate of drug-likeness (QED) is 0.608. The first-order valence-corrected chi connectivity index (χ1v) is 7.34. The lowest BCUT2D eigenvalue weighted by molar-refractivity contribution is 0.0951. The number of unbranched alkanes of at least 4 members (excludes halogenated alkanes) is 1. The molecule has 1 aromatic heterocycles. The summed E-state index contributed by atoms with van der Waals surface area (Å²) < 4.78 is 5.57. The molecule has 0 aliphatic carbocycles. The topological polar surface area (TPSA) is 77.2 Å². The highest BCUT2D eigenvalue weighted by Crippen LogP contribution is 2.13. The molecular formula is C18H19N3O2. The second-order valence-electron chi connectivity index (χ2n) is 4.92. The van der Waals surface area contributed by atoms with Crippen LogP contribution in [-0.2, 0) is 6.54 Å². The van der Waals surface area contributed by atoms with E-state index in [1.807, 2.05) is 24.3 Å². The summed E-state index contributed by atoms with van der Waals surface area (Å²) >= 11 is 0. The van der Waals surface area contributed by atoms with Gasteiger partial charge in [0.1, 0.15) is 11.6 Å². The molecule has 0 spiro atoms. The van der Waals surface area contributed by atoms with Crippen molar-refractivity contribution in [3.63, 3.8) is 0 Å². The highest BCUT2D eigenvalue weighted by atomic mass is 16.5. The predicted octanol–water partition coefficient (Wildman–Crippen LogP) is 2.39. The molecule has 2 rings (SSSR count). The molecule has 5 heteroatoms. The molecule has 0 saturated carbocycles. The maximum absolute atomic E-state index is 12.0. The first-order chi connectivity index (χ1) is 11.2. The highest BCUT2D eigenvalue weighted by Gasteiger charge is 2.09. The van der Waals surface area contributed by atoms with E-state index >= 15 is 0 Å². The van der Waals surface area contributed by atoms with Gasteiger partial charge >= 0.3 is 0 Å². The van der Waals surface area contributed by atoms with E-state index in [4.69, 9.17) is 16.9 Å². The SMILES string of the molecule is C#CCCCOc1ccc(CNC(=O)c2cccnc2N)cc1. The third-order valence-electron chi connectivity index (χ3n) is 3.19. The van der Waals surface area contributed by atoms with E-state index in [2.05, 4.69) is 16.2 Å². The molecule has 0 atom stereocenters. The third-order valence-corrected chi connectivity index (χ3v) is 3.19. The lowest BCUT2D eigenvalue weighted by atomic mass is 10.2. The maximum Gasteiger partial charge on any atom is 0.255 e. The normalized spacial score (nSPS) is 9.87. The number of terminal acetylenes is 1. The molecule has 1 heterocycles. The molecule has 118 valence electrons. The van der Waals surface area contributed by atoms with Crippen molar-refractivity contribution in [3.8, 4) is 18.1 Å². The zero-order valence-corrected chi connectivity index (χ0v) is 12.8. The molecule has 0 aliphatic heterocycles. The largest absolute Gasteiger partial charge is 0.494 e. The number of aromatic nitrogens is 1. The number of hydrogen-bond acceptors (Lipinski definition) is 4. The van der Waals surface area contributed by atoms with E-state index in [1.165, 1.54) is 0 Å². The molecule has 2 aromatic rings. The van der Waals surface area contributed by atoms with E-state index in [0.717, 1.165) is 17.7 Å². The van der Waals surface area contributed by atoms with Gasteiger partial charge in [-0.3, -0.25) is 4.79 Å². The number of nitrogens with two attached hydrogens (primary N) is 1. The Bertz CT molecular complexity index is 690. The molecule has 3 N–H and O–H groups in total. The molecule has 0 bridgehead atoms. The van der Waals surface area contributed by atoms with Crippen LogP contribution in [0.15, 0.2) is 42.6 Å². The molecule has 0 fully saturated rings. The van der Waals surface area contributed by atoms with Gasteiger partial charge in [0.25, 0.3) is 5.91 Å². The molecule has 1 aromatic carbocycles. The minimum atomic E-state index is -0.245. The van der Waals surface area contributed by atoms with Crippen molar-refractivity contribution in [1.82, 2.24) is 10.3 Å². The average molecular weight is 309 g/mol. The second-order valence-corrected chi connectivity index (χ2v) is 4.92. The number of pyridine rings is 1. The van der Waals surface area contributed by atoms with Gasteiger partial charge in [-0.05, 0) is 36.2 Å². The summed E-state index contributed by atoms with van der Waals surface area (Å²) in [6, 6.07) is 10.9. The fourth-order valence-electron chi connectivity index (χ4n) is 1.95. The van der Waals surface area contributed by atoms with Gasteiger partial charge < -0.3 is 15.8 Å². The number of carbonyl (C=O) groups excluding carboxylic acids is 1. The van der Waals surface area contributed by atoms with E-state index in [1.54, 1.807) is 18.3 Å². The van der Waals surface area contributed by atoms with Crippen LogP contribution in [0.3, 0.4) is 0 Å². The zero-order chi connectivity index (χ0) is 16.5. The van der Waals surface area contributed by atoms with Gasteiger partial charge in [0.15, 0.2) is 0 Å². The smallest absolute Gasteiger partial charge is 0.255 e. The standard InChI is InChI=1S/C18H19N3O2/c1-2-3-4-12-23-15-9-7-14(8-10-15)13-21-18(22)16-6-5-11-20-17(16)19/h1,5-11H,3-4,12-13H2,(H2,19,20)(H,21,22). The summed E-state index contributed by atoms with van der Waals surface area (Å²) in [7, 11) is 0. The van der Waals surface area contributed by atoms with Gasteiger partial charge in [0, 0.05) is 19.2 Å². The van der Waals surface area contributed by atoms with Crippen LogP contribution < -0.4 is 15.8 Å². The van der Waals surface area contributed by atoms with Crippen LogP contribution in [0.4, 0.5) is 5.82 Å². The number of hydrogen-bond donors (Lipinski definition) is 2. The van der Waals surface area contributed by atoms with E-state index < -0.39 is 0 Å². The summed E-state index contributed by atoms with van der Waals surface area (Å²) in [6.45, 7) is 1.01. The zero-order valence-electron chi connectivity index (χ0n) is 12.8. The molecule has 1 amide bonds. The van der Waals surface area contributed by atoms with Crippen molar-refractivity contribution >= 4 is 11.7 Å². The van der Waals surface area contributed by atoms with Gasteiger partial charge in [-0.25, -0.2) is 4.98 Å². The molecule has 5 nitrogen and oxygen atoms in total. The van der Waals surface area contributed by atoms with Crippen molar-refractivity contribution in [3.05, 3.63) is 53.7 Å². The molecular weight excluding hydrogens is 290 g/mol. The summed E-state index contributed by atoms with van der Waals surface area (Å²) in [6.07, 6.45) is 8.28. The third kappa shape index (κ3) is 5.04. The summed E-state index contributed by atoms with van der Waals surface area (Å²) in [4.78, 5) is 15.9. The van der Waals surface area contributed by atoms with Crippen molar-refractivity contribution in [2.45, 2.75) is 19.4 Å². The number of rotatable bonds is 7. The minimum Gasteiger partial charge on any atom is -0.494 e. The van der Waals surface area contributed by atoms with Crippen molar-refractivity contribution in [2.24, 2.45) is 0 Å². The fraction of sp³-hybridized carbons (Fsp3) is 0.222. The van der Waals surface area contributed by atoms with E-state index in [-0.39, 0.29) is 11.7 Å². The number of nitrogens with one attached hydrogen (secondary N) is 1. The van der Waals surface area contributed by atoms with Crippen molar-refractivity contribution in [1.29, 1.82) is 0 Å². The summed E-state index contributed by atoms with van der Waals surface area (Å²) in [5.74, 6) is 3.34. The first kappa shape index (κ1) is 16.4. The van der Waals surface area contributed by atoms with Gasteiger partial charge in [-0.15, -0.1) is 12.3 Å². The Labute approximate surface area is 135 Å². The Morgan fingerprint density at radius 3 is 2.78 bits per heavy atom. The van der Waals surface area contributed by atoms with Crippen LogP contribution >= 0.6 is 0 Å².